The highest BCUT2D eigenvalue weighted by Gasteiger charge is 2.14. The van der Waals surface area contributed by atoms with Crippen LogP contribution in [0.25, 0.3) is 0 Å². The monoisotopic (exact) mass is 339 g/mol. The summed E-state index contributed by atoms with van der Waals surface area (Å²) in [6.07, 6.45) is 1.68. The number of carbonyl (C=O) groups excluding carboxylic acids is 1. The Bertz CT molecular complexity index is 718. The van der Waals surface area contributed by atoms with Gasteiger partial charge in [0.15, 0.2) is 0 Å². The minimum Gasteiger partial charge on any atom is -0.464 e. The maximum atomic E-state index is 12.0. The minimum atomic E-state index is -0.421. The zero-order valence-corrected chi connectivity index (χ0v) is 12.7. The number of hydrazine groups is 1. The molecule has 0 aromatic carbocycles. The van der Waals surface area contributed by atoms with Gasteiger partial charge in [-0.1, -0.05) is 0 Å². The van der Waals surface area contributed by atoms with Crippen molar-refractivity contribution in [3.05, 3.63) is 55.8 Å². The Morgan fingerprint density at radius 3 is 2.80 bits per heavy atom. The third kappa shape index (κ3) is 2.83. The van der Waals surface area contributed by atoms with Gasteiger partial charge in [0.05, 0.1) is 12.1 Å². The Kier molecular flexibility index (Phi) is 4.10. The van der Waals surface area contributed by atoms with Gasteiger partial charge < -0.3 is 8.98 Å². The van der Waals surface area contributed by atoms with Crippen molar-refractivity contribution in [2.45, 2.75) is 20.4 Å². The fourth-order valence-corrected chi connectivity index (χ4v) is 2.54. The van der Waals surface area contributed by atoms with E-state index in [0.717, 1.165) is 4.47 Å². The summed E-state index contributed by atoms with van der Waals surface area (Å²) in [5.41, 5.74) is 2.94. The number of nitrogens with zero attached hydrogens (tertiary/aromatic N) is 1. The Morgan fingerprint density at radius 2 is 2.15 bits per heavy atom. The maximum Gasteiger partial charge on any atom is 0.268 e. The molecule has 7 heteroatoms. The van der Waals surface area contributed by atoms with Crippen LogP contribution in [-0.4, -0.2) is 10.5 Å². The number of furan rings is 1. The first kappa shape index (κ1) is 14.5. The molecule has 2 aromatic heterocycles. The van der Waals surface area contributed by atoms with Gasteiger partial charge in [0.2, 0.25) is 0 Å². The van der Waals surface area contributed by atoms with Crippen molar-refractivity contribution in [3.63, 3.8) is 0 Å². The molecule has 0 aliphatic rings. The largest absolute Gasteiger partial charge is 0.464 e. The van der Waals surface area contributed by atoms with Crippen molar-refractivity contribution in [3.8, 4) is 0 Å². The summed E-state index contributed by atoms with van der Waals surface area (Å²) in [6.45, 7) is 3.66. The lowest BCUT2D eigenvalue weighted by molar-refractivity contribution is 0.0952. The first-order valence-corrected chi connectivity index (χ1v) is 6.68. The lowest BCUT2D eigenvalue weighted by atomic mass is 10.2. The molecule has 0 aliphatic heterocycles. The Hall–Kier alpha value is -1.86. The number of nitrogens with one attached hydrogen (secondary N) is 1. The molecular weight excluding hydrogens is 326 g/mol. The van der Waals surface area contributed by atoms with E-state index in [2.05, 4.69) is 21.4 Å². The van der Waals surface area contributed by atoms with Gasteiger partial charge in [-0.25, -0.2) is 5.84 Å². The summed E-state index contributed by atoms with van der Waals surface area (Å²) in [6, 6.07) is 3.33. The number of hydrogen-bond donors (Lipinski definition) is 2. The van der Waals surface area contributed by atoms with Crippen LogP contribution in [0.15, 0.2) is 32.0 Å². The normalized spacial score (nSPS) is 10.6. The summed E-state index contributed by atoms with van der Waals surface area (Å²) < 4.78 is 7.80. The number of carbonyl (C=O) groups is 1. The summed E-state index contributed by atoms with van der Waals surface area (Å²) in [5.74, 6) is 5.65. The van der Waals surface area contributed by atoms with Crippen LogP contribution in [-0.2, 0) is 6.54 Å². The smallest absolute Gasteiger partial charge is 0.268 e. The first-order chi connectivity index (χ1) is 9.42. The molecule has 0 atom stereocenters. The quantitative estimate of drug-likeness (QED) is 0.503. The van der Waals surface area contributed by atoms with Crippen molar-refractivity contribution in [2.24, 2.45) is 5.84 Å². The lowest BCUT2D eigenvalue weighted by Crippen LogP contribution is -2.30. The number of pyridine rings is 1. The van der Waals surface area contributed by atoms with Gasteiger partial charge in [-0.2, -0.15) is 0 Å². The fraction of sp³-hybridized carbons (Fsp3) is 0.231. The number of aryl methyl sites for hydroxylation is 2. The zero-order chi connectivity index (χ0) is 14.9. The van der Waals surface area contributed by atoms with E-state index in [0.29, 0.717) is 22.6 Å². The molecular formula is C13H14BrN3O3. The third-order valence-electron chi connectivity index (χ3n) is 2.90. The van der Waals surface area contributed by atoms with Crippen LogP contribution >= 0.6 is 15.9 Å². The molecule has 20 heavy (non-hydrogen) atoms. The zero-order valence-electron chi connectivity index (χ0n) is 11.1. The second kappa shape index (κ2) is 5.64. The van der Waals surface area contributed by atoms with Crippen LogP contribution in [0.5, 0.6) is 0 Å². The molecule has 0 radical (unpaired) electrons. The summed E-state index contributed by atoms with van der Waals surface area (Å²) in [5, 5.41) is 0. The van der Waals surface area contributed by atoms with E-state index in [1.165, 1.54) is 4.57 Å². The van der Waals surface area contributed by atoms with Crippen LogP contribution in [0.1, 0.15) is 27.4 Å². The summed E-state index contributed by atoms with van der Waals surface area (Å²) in [4.78, 5) is 23.5. The number of nitrogens with two attached hydrogens (primary N) is 1. The van der Waals surface area contributed by atoms with Crippen molar-refractivity contribution < 1.29 is 9.21 Å². The standard InChI is InChI=1S/C13H14BrN3O3/c1-7-3-9(14)5-17(13(7)19)6-10-4-11(8(2)20-10)12(18)16-15/h3-5H,6,15H2,1-2H3,(H,16,18). The highest BCUT2D eigenvalue weighted by atomic mass is 79.9. The molecule has 2 rings (SSSR count). The number of amides is 1. The predicted molar refractivity (Wildman–Crippen MR) is 77.3 cm³/mol. The SMILES string of the molecule is Cc1oc(Cn2cc(Br)cc(C)c2=O)cc1C(=O)NN. The third-order valence-corrected chi connectivity index (χ3v) is 3.34. The van der Waals surface area contributed by atoms with Crippen LogP contribution in [0.3, 0.4) is 0 Å². The van der Waals surface area contributed by atoms with Crippen molar-refractivity contribution in [1.29, 1.82) is 0 Å². The van der Waals surface area contributed by atoms with Crippen molar-refractivity contribution in [2.75, 3.05) is 0 Å². The number of halogens is 1. The van der Waals surface area contributed by atoms with E-state index in [-0.39, 0.29) is 12.1 Å². The van der Waals surface area contributed by atoms with Crippen molar-refractivity contribution in [1.82, 2.24) is 9.99 Å². The first-order valence-electron chi connectivity index (χ1n) is 5.89. The summed E-state index contributed by atoms with van der Waals surface area (Å²) >= 11 is 3.34. The Labute approximate surface area is 123 Å². The molecule has 2 aromatic rings. The van der Waals surface area contributed by atoms with E-state index >= 15 is 0 Å². The molecule has 0 saturated heterocycles. The molecule has 0 aliphatic carbocycles. The van der Waals surface area contributed by atoms with E-state index in [1.807, 2.05) is 0 Å². The molecule has 0 fully saturated rings. The van der Waals surface area contributed by atoms with Gasteiger partial charge in [-0.15, -0.1) is 0 Å². The Balaban J connectivity index is 2.36. The van der Waals surface area contributed by atoms with Crippen LogP contribution in [0, 0.1) is 13.8 Å². The molecule has 0 saturated carbocycles. The van der Waals surface area contributed by atoms with Crippen LogP contribution in [0.2, 0.25) is 0 Å². The molecule has 1 amide bonds. The second-order valence-corrected chi connectivity index (χ2v) is 5.35. The maximum absolute atomic E-state index is 12.0. The minimum absolute atomic E-state index is 0.105. The van der Waals surface area contributed by atoms with Crippen LogP contribution < -0.4 is 16.8 Å². The van der Waals surface area contributed by atoms with Gasteiger partial charge >= 0.3 is 0 Å². The van der Waals surface area contributed by atoms with Gasteiger partial charge in [-0.3, -0.25) is 15.0 Å². The van der Waals surface area contributed by atoms with E-state index < -0.39 is 5.91 Å². The molecule has 0 unspecified atom stereocenters. The summed E-state index contributed by atoms with van der Waals surface area (Å²) in [7, 11) is 0. The van der Waals surface area contributed by atoms with E-state index in [1.54, 1.807) is 32.2 Å². The molecule has 0 spiro atoms. The van der Waals surface area contributed by atoms with E-state index in [9.17, 15) is 9.59 Å². The molecule has 0 bridgehead atoms. The van der Waals surface area contributed by atoms with Crippen molar-refractivity contribution >= 4 is 21.8 Å². The topological polar surface area (TPSA) is 90.3 Å². The van der Waals surface area contributed by atoms with E-state index in [4.69, 9.17) is 10.3 Å². The molecule has 3 N–H and O–H groups in total. The Morgan fingerprint density at radius 1 is 1.45 bits per heavy atom. The van der Waals surface area contributed by atoms with Gasteiger partial charge in [0.25, 0.3) is 11.5 Å². The number of hydrogen-bond acceptors (Lipinski definition) is 4. The molecule has 106 valence electrons. The molecule has 2 heterocycles. The molecule has 6 nitrogen and oxygen atoms in total. The van der Waals surface area contributed by atoms with Crippen LogP contribution in [0.4, 0.5) is 0 Å². The fourth-order valence-electron chi connectivity index (χ4n) is 1.95. The second-order valence-electron chi connectivity index (χ2n) is 4.43. The number of rotatable bonds is 3. The van der Waals surface area contributed by atoms with Gasteiger partial charge in [-0.05, 0) is 41.9 Å². The average molecular weight is 340 g/mol. The van der Waals surface area contributed by atoms with Gasteiger partial charge in [0, 0.05) is 16.2 Å². The highest BCUT2D eigenvalue weighted by molar-refractivity contribution is 9.10. The number of aromatic nitrogens is 1. The highest BCUT2D eigenvalue weighted by Crippen LogP contribution is 2.16. The predicted octanol–water partition coefficient (Wildman–Crippen LogP) is 1.47. The average Bonchev–Trinajstić information content (AvgIpc) is 2.75. The lowest BCUT2D eigenvalue weighted by Gasteiger charge is -2.05. The van der Waals surface area contributed by atoms with Gasteiger partial charge in [0.1, 0.15) is 11.5 Å². The number of nitrogen functional groups attached to an aromatic ring is 1.